The minimum absolute atomic E-state index is 0.0429. The lowest BCUT2D eigenvalue weighted by atomic mass is 10.1. The number of amides is 1. The molecule has 3 aliphatic rings. The standard InChI is InChI=1S/C23H24FN7O3S/c24-13-5-7-30(8-6-13)22(33)18-4-3-17(35-18)15-10-19(26-14-1-2-14)31-20(27-15)12(11-25-31)9-16-21(32)29-23(34)28-16/h4,9-11,13-14,17,32H,1-3,5-8H2,(H2,28,29,34). The van der Waals surface area contributed by atoms with Crippen LogP contribution in [0.25, 0.3) is 11.7 Å². The van der Waals surface area contributed by atoms with Gasteiger partial charge in [-0.1, -0.05) is 6.08 Å². The fourth-order valence-corrected chi connectivity index (χ4v) is 5.53. The van der Waals surface area contributed by atoms with Gasteiger partial charge in [-0.25, -0.2) is 14.2 Å². The lowest BCUT2D eigenvalue weighted by molar-refractivity contribution is -0.127. The second-order valence-corrected chi connectivity index (χ2v) is 10.3. The van der Waals surface area contributed by atoms with Gasteiger partial charge in [-0.3, -0.25) is 14.8 Å². The van der Waals surface area contributed by atoms with Crippen LogP contribution in [-0.4, -0.2) is 65.8 Å². The molecular weight excluding hydrogens is 473 g/mol. The summed E-state index contributed by atoms with van der Waals surface area (Å²) in [6, 6.07) is 2.19. The van der Waals surface area contributed by atoms with Crippen LogP contribution in [0, 0.1) is 0 Å². The number of aromatic nitrogens is 5. The number of aromatic hydroxyl groups is 1. The number of nitrogens with zero attached hydrogens (tertiary/aromatic N) is 5. The van der Waals surface area contributed by atoms with Gasteiger partial charge < -0.3 is 15.0 Å². The molecule has 6 rings (SSSR count). The second kappa shape index (κ2) is 8.67. The third kappa shape index (κ3) is 4.38. The van der Waals surface area contributed by atoms with Crippen molar-refractivity contribution < 1.29 is 14.3 Å². The van der Waals surface area contributed by atoms with Crippen LogP contribution < -0.4 is 16.4 Å². The first-order valence-electron chi connectivity index (χ1n) is 11.7. The zero-order valence-corrected chi connectivity index (χ0v) is 19.6. The van der Waals surface area contributed by atoms with Gasteiger partial charge in [0.25, 0.3) is 5.91 Å². The van der Waals surface area contributed by atoms with Crippen LogP contribution in [-0.2, 0) is 4.79 Å². The lowest BCUT2D eigenvalue weighted by Crippen LogP contribution is -2.39. The van der Waals surface area contributed by atoms with Crippen LogP contribution in [0.1, 0.15) is 48.7 Å². The molecule has 1 amide bonds. The molecule has 0 radical (unpaired) electrons. The van der Waals surface area contributed by atoms with E-state index in [1.807, 2.05) is 12.1 Å². The fraction of sp³-hybridized carbons (Fsp3) is 0.435. The number of nitrogens with one attached hydrogen (secondary N) is 2. The van der Waals surface area contributed by atoms with Crippen molar-refractivity contribution in [2.75, 3.05) is 13.1 Å². The summed E-state index contributed by atoms with van der Waals surface area (Å²) in [7, 11) is 0. The van der Waals surface area contributed by atoms with Gasteiger partial charge in [0.15, 0.2) is 11.1 Å². The van der Waals surface area contributed by atoms with Crippen molar-refractivity contribution >= 4 is 29.4 Å². The Morgan fingerprint density at radius 1 is 1.26 bits per heavy atom. The van der Waals surface area contributed by atoms with Crippen LogP contribution in [0.15, 0.2) is 33.0 Å². The summed E-state index contributed by atoms with van der Waals surface area (Å²) in [4.78, 5) is 41.4. The van der Waals surface area contributed by atoms with Crippen LogP contribution >= 0.6 is 11.8 Å². The number of fused-ring (bicyclic) bond motifs is 1. The van der Waals surface area contributed by atoms with Crippen LogP contribution in [0.5, 0.6) is 5.88 Å². The molecule has 1 atom stereocenters. The van der Waals surface area contributed by atoms with Crippen LogP contribution in [0.4, 0.5) is 4.39 Å². The van der Waals surface area contributed by atoms with E-state index in [1.165, 1.54) is 11.8 Å². The smallest absolute Gasteiger partial charge is 0.326 e. The molecule has 2 aliphatic heterocycles. The average molecular weight is 498 g/mol. The monoisotopic (exact) mass is 497 g/mol. The Balaban J connectivity index is 1.34. The summed E-state index contributed by atoms with van der Waals surface area (Å²) >= 11 is 1.48. The van der Waals surface area contributed by atoms with Crippen molar-refractivity contribution in [1.29, 1.82) is 0 Å². The van der Waals surface area contributed by atoms with Crippen molar-refractivity contribution in [2.24, 2.45) is 4.99 Å². The maximum atomic E-state index is 13.5. The van der Waals surface area contributed by atoms with Gasteiger partial charge in [-0.2, -0.15) is 9.61 Å². The van der Waals surface area contributed by atoms with Crippen molar-refractivity contribution in [3.05, 3.63) is 55.8 Å². The van der Waals surface area contributed by atoms with Crippen LogP contribution in [0.3, 0.4) is 0 Å². The molecule has 1 saturated carbocycles. The molecule has 0 aromatic carbocycles. The first-order chi connectivity index (χ1) is 16.9. The summed E-state index contributed by atoms with van der Waals surface area (Å²) in [6.45, 7) is 0.889. The molecule has 1 aliphatic carbocycles. The number of likely N-dealkylation sites (tertiary alicyclic amines) is 1. The van der Waals surface area contributed by atoms with Crippen LogP contribution in [0.2, 0.25) is 0 Å². The molecule has 3 aromatic heterocycles. The van der Waals surface area contributed by atoms with Gasteiger partial charge >= 0.3 is 5.69 Å². The number of H-pyrrole nitrogens is 2. The van der Waals surface area contributed by atoms with E-state index in [-0.39, 0.29) is 28.8 Å². The van der Waals surface area contributed by atoms with Gasteiger partial charge in [0, 0.05) is 24.4 Å². The summed E-state index contributed by atoms with van der Waals surface area (Å²) < 4.78 is 15.2. The highest BCUT2D eigenvalue weighted by Crippen LogP contribution is 2.43. The van der Waals surface area contributed by atoms with Crippen molar-refractivity contribution in [3.8, 4) is 5.88 Å². The number of alkyl halides is 1. The summed E-state index contributed by atoms with van der Waals surface area (Å²) in [5.74, 6) is -0.303. The number of allylic oxidation sites excluding steroid dienone is 1. The van der Waals surface area contributed by atoms with Crippen molar-refractivity contribution in [3.63, 3.8) is 0 Å². The Morgan fingerprint density at radius 2 is 2.06 bits per heavy atom. The molecule has 0 spiro atoms. The van der Waals surface area contributed by atoms with E-state index in [4.69, 9.17) is 9.98 Å². The van der Waals surface area contributed by atoms with Crippen molar-refractivity contribution in [2.45, 2.75) is 49.6 Å². The molecule has 3 aromatic rings. The first kappa shape index (κ1) is 22.1. The zero-order chi connectivity index (χ0) is 24.1. The highest BCUT2D eigenvalue weighted by Gasteiger charge is 2.31. The maximum Gasteiger partial charge on any atom is 0.326 e. The number of thioether (sulfide) groups is 1. The normalized spacial score (nSPS) is 22.4. The number of aromatic amines is 2. The molecule has 10 nitrogen and oxygen atoms in total. The Labute approximate surface area is 202 Å². The third-order valence-corrected chi connectivity index (χ3v) is 7.75. The van der Waals surface area contributed by atoms with E-state index in [0.29, 0.717) is 53.6 Å². The number of halogens is 1. The highest BCUT2D eigenvalue weighted by molar-refractivity contribution is 8.04. The quantitative estimate of drug-likeness (QED) is 0.494. The molecule has 0 bridgehead atoms. The van der Waals surface area contributed by atoms with E-state index in [1.54, 1.807) is 21.7 Å². The molecule has 1 saturated heterocycles. The number of rotatable bonds is 4. The minimum Gasteiger partial charge on any atom is -0.493 e. The second-order valence-electron chi connectivity index (χ2n) is 9.10. The SMILES string of the molecule is O=C(C1=CCC(c2cc(=NC3CC3)n3ncc(=Cc4[nH]c(=O)[nH]c4O)c3n2)S1)N1CCC(F)CC1. The number of carbonyl (C=O) groups excluding carboxylic acids is 1. The first-order valence-corrected chi connectivity index (χ1v) is 12.6. The topological polar surface area (TPSA) is 132 Å². The summed E-state index contributed by atoms with van der Waals surface area (Å²) in [6.07, 6.45) is 7.83. The Hall–Kier alpha value is -3.41. The molecule has 12 heteroatoms. The number of hydrogen-bond acceptors (Lipinski definition) is 7. The molecular formula is C23H24FN7O3S. The van der Waals surface area contributed by atoms with Gasteiger partial charge in [0.2, 0.25) is 5.88 Å². The molecule has 35 heavy (non-hydrogen) atoms. The molecule has 5 heterocycles. The summed E-state index contributed by atoms with van der Waals surface area (Å²) in [5, 5.41) is 15.0. The van der Waals surface area contributed by atoms with E-state index >= 15 is 0 Å². The number of piperidine rings is 1. The molecule has 2 fully saturated rings. The Bertz CT molecular complexity index is 1510. The highest BCUT2D eigenvalue weighted by atomic mass is 32.2. The zero-order valence-electron chi connectivity index (χ0n) is 18.8. The largest absolute Gasteiger partial charge is 0.493 e. The average Bonchev–Trinajstić information content (AvgIpc) is 3.23. The number of carbonyl (C=O) groups is 1. The maximum absolute atomic E-state index is 13.5. The Morgan fingerprint density at radius 3 is 2.77 bits per heavy atom. The molecule has 1 unspecified atom stereocenters. The van der Waals surface area contributed by atoms with Gasteiger partial charge in [0.1, 0.15) is 11.9 Å². The van der Waals surface area contributed by atoms with E-state index in [0.717, 1.165) is 18.5 Å². The molecule has 3 N–H and O–H groups in total. The van der Waals surface area contributed by atoms with E-state index < -0.39 is 11.9 Å². The van der Waals surface area contributed by atoms with Gasteiger partial charge in [-0.05, 0) is 38.2 Å². The van der Waals surface area contributed by atoms with Crippen molar-refractivity contribution in [1.82, 2.24) is 29.5 Å². The summed E-state index contributed by atoms with van der Waals surface area (Å²) in [5.41, 5.74) is 1.74. The van der Waals surface area contributed by atoms with Gasteiger partial charge in [0.05, 0.1) is 28.1 Å². The van der Waals surface area contributed by atoms with Gasteiger partial charge in [-0.15, -0.1) is 11.8 Å². The Kier molecular flexibility index (Phi) is 5.47. The van der Waals surface area contributed by atoms with E-state index in [2.05, 4.69) is 15.1 Å². The predicted octanol–water partition coefficient (Wildman–Crippen LogP) is 1.08. The lowest BCUT2D eigenvalue weighted by Gasteiger charge is -2.29. The predicted molar refractivity (Wildman–Crippen MR) is 127 cm³/mol. The fourth-order valence-electron chi connectivity index (χ4n) is 4.37. The number of imidazole rings is 1. The number of hydrogen-bond donors (Lipinski definition) is 3. The molecule has 182 valence electrons. The van der Waals surface area contributed by atoms with E-state index in [9.17, 15) is 19.1 Å². The third-order valence-electron chi connectivity index (χ3n) is 6.44. The minimum atomic E-state index is -0.825.